The number of rotatable bonds is 2. The maximum Gasteiger partial charge on any atom is 0.0744 e. The summed E-state index contributed by atoms with van der Waals surface area (Å²) in [5.74, 6) is 0. The SMILES string of the molecule is Clc1cc2c3ccccc3[nH]c2c2c1ccn2Cc1ccccc1. The summed E-state index contributed by atoms with van der Waals surface area (Å²) < 4.78 is 2.27. The third-order valence-electron chi connectivity index (χ3n) is 4.67. The molecule has 2 heterocycles. The number of hydrogen-bond acceptors (Lipinski definition) is 0. The van der Waals surface area contributed by atoms with Gasteiger partial charge in [-0.15, -0.1) is 0 Å². The topological polar surface area (TPSA) is 20.7 Å². The Morgan fingerprint density at radius 2 is 1.62 bits per heavy atom. The molecule has 0 radical (unpaired) electrons. The van der Waals surface area contributed by atoms with Crippen molar-refractivity contribution in [2.45, 2.75) is 6.54 Å². The highest BCUT2D eigenvalue weighted by atomic mass is 35.5. The maximum absolute atomic E-state index is 6.58. The fourth-order valence-electron chi connectivity index (χ4n) is 3.56. The van der Waals surface area contributed by atoms with E-state index >= 15 is 0 Å². The quantitative estimate of drug-likeness (QED) is 0.411. The fraction of sp³-hybridized carbons (Fsp3) is 0.0476. The molecule has 116 valence electrons. The molecule has 2 aromatic heterocycles. The maximum atomic E-state index is 6.58. The van der Waals surface area contributed by atoms with Gasteiger partial charge in [0.15, 0.2) is 0 Å². The molecule has 5 aromatic rings. The van der Waals surface area contributed by atoms with E-state index in [-0.39, 0.29) is 0 Å². The predicted molar refractivity (Wildman–Crippen MR) is 102 cm³/mol. The Morgan fingerprint density at radius 1 is 0.833 bits per heavy atom. The molecule has 0 saturated carbocycles. The van der Waals surface area contributed by atoms with Crippen LogP contribution in [-0.4, -0.2) is 9.55 Å². The van der Waals surface area contributed by atoms with Crippen LogP contribution in [0.2, 0.25) is 5.02 Å². The van der Waals surface area contributed by atoms with Crippen LogP contribution in [0.1, 0.15) is 5.56 Å². The van der Waals surface area contributed by atoms with E-state index in [9.17, 15) is 0 Å². The highest BCUT2D eigenvalue weighted by Crippen LogP contribution is 2.36. The second kappa shape index (κ2) is 5.15. The summed E-state index contributed by atoms with van der Waals surface area (Å²) in [5.41, 5.74) is 4.73. The summed E-state index contributed by atoms with van der Waals surface area (Å²) in [6.45, 7) is 0.829. The second-order valence-corrected chi connectivity index (χ2v) is 6.55. The molecule has 5 rings (SSSR count). The van der Waals surface area contributed by atoms with Crippen LogP contribution in [-0.2, 0) is 6.54 Å². The van der Waals surface area contributed by atoms with Gasteiger partial charge >= 0.3 is 0 Å². The largest absolute Gasteiger partial charge is 0.353 e. The van der Waals surface area contributed by atoms with E-state index < -0.39 is 0 Å². The van der Waals surface area contributed by atoms with Crippen LogP contribution >= 0.6 is 11.6 Å². The van der Waals surface area contributed by atoms with Gasteiger partial charge in [0.1, 0.15) is 0 Å². The van der Waals surface area contributed by atoms with Gasteiger partial charge in [-0.2, -0.15) is 0 Å². The Labute approximate surface area is 144 Å². The summed E-state index contributed by atoms with van der Waals surface area (Å²) in [4.78, 5) is 3.58. The first-order valence-electron chi connectivity index (χ1n) is 8.03. The molecule has 1 N–H and O–H groups in total. The minimum atomic E-state index is 0.800. The average molecular weight is 331 g/mol. The number of nitrogens with one attached hydrogen (secondary N) is 1. The van der Waals surface area contributed by atoms with E-state index in [2.05, 4.69) is 76.4 Å². The molecule has 0 aliphatic heterocycles. The lowest BCUT2D eigenvalue weighted by Gasteiger charge is -2.07. The zero-order chi connectivity index (χ0) is 16.1. The number of para-hydroxylation sites is 1. The molecule has 0 saturated heterocycles. The van der Waals surface area contributed by atoms with Crippen LogP contribution < -0.4 is 0 Å². The first-order chi connectivity index (χ1) is 11.8. The normalized spacial score (nSPS) is 11.7. The summed E-state index contributed by atoms with van der Waals surface area (Å²) in [7, 11) is 0. The molecule has 0 unspecified atom stereocenters. The number of aromatic nitrogens is 2. The van der Waals surface area contributed by atoms with Crippen molar-refractivity contribution >= 4 is 44.3 Å². The standard InChI is InChI=1S/C21H15ClN2/c22-18-12-17-15-8-4-5-9-19(15)23-20(17)21-16(18)10-11-24(21)13-14-6-2-1-3-7-14/h1-12,23H,13H2. The molecule has 0 aliphatic carbocycles. The molecular weight excluding hydrogens is 316 g/mol. The molecule has 0 aliphatic rings. The Bertz CT molecular complexity index is 1180. The molecule has 24 heavy (non-hydrogen) atoms. The number of fused-ring (bicyclic) bond motifs is 5. The Balaban J connectivity index is 1.84. The van der Waals surface area contributed by atoms with Gasteiger partial charge in [0, 0.05) is 34.4 Å². The number of nitrogens with zero attached hydrogens (tertiary/aromatic N) is 1. The lowest BCUT2D eigenvalue weighted by Crippen LogP contribution is -1.98. The van der Waals surface area contributed by atoms with Gasteiger partial charge in [-0.1, -0.05) is 60.1 Å². The second-order valence-electron chi connectivity index (χ2n) is 6.14. The Kier molecular flexibility index (Phi) is 2.94. The highest BCUT2D eigenvalue weighted by Gasteiger charge is 2.14. The van der Waals surface area contributed by atoms with Crippen molar-refractivity contribution in [3.05, 3.63) is 83.5 Å². The van der Waals surface area contributed by atoms with Crippen molar-refractivity contribution in [2.75, 3.05) is 0 Å². The third kappa shape index (κ3) is 1.97. The summed E-state index contributed by atoms with van der Waals surface area (Å²) in [6, 6.07) is 23.0. The Hall–Kier alpha value is -2.71. The van der Waals surface area contributed by atoms with Crippen LogP contribution in [0.15, 0.2) is 72.9 Å². The van der Waals surface area contributed by atoms with Crippen molar-refractivity contribution < 1.29 is 0 Å². The summed E-state index contributed by atoms with van der Waals surface area (Å²) in [6.07, 6.45) is 2.12. The van der Waals surface area contributed by atoms with E-state index in [1.165, 1.54) is 16.3 Å². The van der Waals surface area contributed by atoms with E-state index in [0.29, 0.717) is 0 Å². The van der Waals surface area contributed by atoms with Crippen molar-refractivity contribution in [2.24, 2.45) is 0 Å². The molecule has 0 atom stereocenters. The van der Waals surface area contributed by atoms with Gasteiger partial charge in [-0.3, -0.25) is 0 Å². The molecule has 0 bridgehead atoms. The molecule has 2 nitrogen and oxygen atoms in total. The number of halogens is 1. The molecule has 3 aromatic carbocycles. The first kappa shape index (κ1) is 13.7. The summed E-state index contributed by atoms with van der Waals surface area (Å²) in [5, 5.41) is 4.28. The van der Waals surface area contributed by atoms with Gasteiger partial charge in [-0.05, 0) is 23.8 Å². The monoisotopic (exact) mass is 330 g/mol. The number of aromatic amines is 1. The number of H-pyrrole nitrogens is 1. The highest BCUT2D eigenvalue weighted by molar-refractivity contribution is 6.38. The van der Waals surface area contributed by atoms with Crippen molar-refractivity contribution in [1.29, 1.82) is 0 Å². The fourth-order valence-corrected chi connectivity index (χ4v) is 3.82. The molecule has 0 amide bonds. The van der Waals surface area contributed by atoms with Crippen molar-refractivity contribution in [1.82, 2.24) is 9.55 Å². The number of benzene rings is 3. The first-order valence-corrected chi connectivity index (χ1v) is 8.41. The molecule has 0 spiro atoms. The lowest BCUT2D eigenvalue weighted by molar-refractivity contribution is 0.839. The average Bonchev–Trinajstić information content (AvgIpc) is 3.18. The van der Waals surface area contributed by atoms with Crippen LogP contribution in [0.5, 0.6) is 0 Å². The van der Waals surface area contributed by atoms with Crippen LogP contribution in [0.4, 0.5) is 0 Å². The zero-order valence-corrected chi connectivity index (χ0v) is 13.7. The lowest BCUT2D eigenvalue weighted by atomic mass is 10.1. The molecule has 0 fully saturated rings. The third-order valence-corrected chi connectivity index (χ3v) is 4.98. The van der Waals surface area contributed by atoms with Gasteiger partial charge in [0.05, 0.1) is 16.1 Å². The van der Waals surface area contributed by atoms with Gasteiger partial charge in [-0.25, -0.2) is 0 Å². The Morgan fingerprint density at radius 3 is 2.50 bits per heavy atom. The van der Waals surface area contributed by atoms with Gasteiger partial charge in [0.25, 0.3) is 0 Å². The zero-order valence-electron chi connectivity index (χ0n) is 13.0. The van der Waals surface area contributed by atoms with E-state index in [4.69, 9.17) is 11.6 Å². The molecule has 3 heteroatoms. The summed E-state index contributed by atoms with van der Waals surface area (Å²) >= 11 is 6.58. The molecular formula is C21H15ClN2. The predicted octanol–water partition coefficient (Wildman–Crippen LogP) is 5.98. The van der Waals surface area contributed by atoms with Gasteiger partial charge in [0.2, 0.25) is 0 Å². The minimum Gasteiger partial charge on any atom is -0.353 e. The minimum absolute atomic E-state index is 0.800. The van der Waals surface area contributed by atoms with Crippen LogP contribution in [0.3, 0.4) is 0 Å². The van der Waals surface area contributed by atoms with Gasteiger partial charge < -0.3 is 9.55 Å². The van der Waals surface area contributed by atoms with Crippen LogP contribution in [0, 0.1) is 0 Å². The number of hydrogen-bond donors (Lipinski definition) is 1. The van der Waals surface area contributed by atoms with Crippen LogP contribution in [0.25, 0.3) is 32.7 Å². The van der Waals surface area contributed by atoms with E-state index in [1.807, 2.05) is 6.07 Å². The van der Waals surface area contributed by atoms with Crippen molar-refractivity contribution in [3.63, 3.8) is 0 Å². The van der Waals surface area contributed by atoms with E-state index in [0.717, 1.165) is 33.5 Å². The van der Waals surface area contributed by atoms with E-state index in [1.54, 1.807) is 0 Å². The van der Waals surface area contributed by atoms with Crippen molar-refractivity contribution in [3.8, 4) is 0 Å². The smallest absolute Gasteiger partial charge is 0.0744 e.